The van der Waals surface area contributed by atoms with E-state index in [2.05, 4.69) is 0 Å². The Bertz CT molecular complexity index is 479. The second-order valence-electron chi connectivity index (χ2n) is 4.51. The van der Waals surface area contributed by atoms with Crippen molar-refractivity contribution in [3.63, 3.8) is 0 Å². The van der Waals surface area contributed by atoms with E-state index in [0.29, 0.717) is 13.2 Å². The summed E-state index contributed by atoms with van der Waals surface area (Å²) in [7, 11) is 1.58. The van der Waals surface area contributed by atoms with Crippen LogP contribution in [0.3, 0.4) is 0 Å². The predicted molar refractivity (Wildman–Crippen MR) is 76.4 cm³/mol. The van der Waals surface area contributed by atoms with Crippen molar-refractivity contribution < 1.29 is 19.4 Å². The van der Waals surface area contributed by atoms with E-state index in [-0.39, 0.29) is 17.7 Å². The zero-order valence-electron chi connectivity index (χ0n) is 11.2. The third kappa shape index (κ3) is 3.32. The predicted octanol–water partition coefficient (Wildman–Crippen LogP) is 1.75. The molecule has 1 aliphatic rings. The first-order chi connectivity index (χ1) is 9.63. The lowest BCUT2D eigenvalue weighted by atomic mass is 10.2. The number of thioether (sulfide) groups is 1. The third-order valence-corrected chi connectivity index (χ3v) is 4.60. The highest BCUT2D eigenvalue weighted by molar-refractivity contribution is 8.01. The average Bonchev–Trinajstić information content (AvgIpc) is 2.74. The molecule has 1 fully saturated rings. The van der Waals surface area contributed by atoms with Crippen LogP contribution < -0.4 is 0 Å². The highest BCUT2D eigenvalue weighted by Crippen LogP contribution is 2.43. The molecule has 0 radical (unpaired) electrons. The Kier molecular flexibility index (Phi) is 5.03. The van der Waals surface area contributed by atoms with Crippen LogP contribution in [0.15, 0.2) is 30.3 Å². The first-order valence-corrected chi connectivity index (χ1v) is 7.29. The molecule has 1 amide bonds. The number of aliphatic carboxylic acids is 1. The number of benzene rings is 1. The van der Waals surface area contributed by atoms with Gasteiger partial charge in [-0.05, 0) is 5.56 Å². The van der Waals surface area contributed by atoms with Gasteiger partial charge in [0.2, 0.25) is 5.91 Å². The molecule has 2 rings (SSSR count). The summed E-state index contributed by atoms with van der Waals surface area (Å²) in [5.74, 6) is -1.07. The van der Waals surface area contributed by atoms with Gasteiger partial charge < -0.3 is 14.7 Å². The normalized spacial score (nSPS) is 22.2. The zero-order valence-corrected chi connectivity index (χ0v) is 12.0. The smallest absolute Gasteiger partial charge is 0.305 e. The maximum absolute atomic E-state index is 12.3. The molecule has 2 unspecified atom stereocenters. The first kappa shape index (κ1) is 14.9. The number of carbonyl (C=O) groups excluding carboxylic acids is 1. The van der Waals surface area contributed by atoms with E-state index in [4.69, 9.17) is 9.84 Å². The van der Waals surface area contributed by atoms with Gasteiger partial charge in [-0.2, -0.15) is 0 Å². The minimum atomic E-state index is -0.948. The lowest BCUT2D eigenvalue weighted by molar-refractivity contribution is -0.140. The quantitative estimate of drug-likeness (QED) is 0.866. The first-order valence-electron chi connectivity index (χ1n) is 6.35. The van der Waals surface area contributed by atoms with Crippen LogP contribution in [0.4, 0.5) is 0 Å². The van der Waals surface area contributed by atoms with Crippen LogP contribution in [0.2, 0.25) is 0 Å². The van der Waals surface area contributed by atoms with Crippen molar-refractivity contribution in [3.8, 4) is 0 Å². The van der Waals surface area contributed by atoms with E-state index in [1.807, 2.05) is 30.3 Å². The van der Waals surface area contributed by atoms with Crippen molar-refractivity contribution in [2.24, 2.45) is 0 Å². The molecule has 1 saturated heterocycles. The summed E-state index contributed by atoms with van der Waals surface area (Å²) in [5.41, 5.74) is 1.01. The molecule has 1 N–H and O–H groups in total. The SMILES string of the molecule is COCCN1C(=O)C(CC(=O)O)SC1c1ccccc1. The number of amides is 1. The molecule has 0 saturated carbocycles. The molecule has 20 heavy (non-hydrogen) atoms. The van der Waals surface area contributed by atoms with Crippen LogP contribution in [-0.2, 0) is 14.3 Å². The molecule has 108 valence electrons. The summed E-state index contributed by atoms with van der Waals surface area (Å²) in [5, 5.41) is 8.25. The Hall–Kier alpha value is -1.53. The maximum atomic E-state index is 12.3. The average molecular weight is 295 g/mol. The van der Waals surface area contributed by atoms with E-state index in [0.717, 1.165) is 5.56 Å². The van der Waals surface area contributed by atoms with Crippen molar-refractivity contribution in [2.45, 2.75) is 17.0 Å². The Labute approximate surface area is 121 Å². The fourth-order valence-electron chi connectivity index (χ4n) is 2.18. The molecular weight excluding hydrogens is 278 g/mol. The van der Waals surface area contributed by atoms with Crippen LogP contribution in [0.1, 0.15) is 17.4 Å². The van der Waals surface area contributed by atoms with Crippen molar-refractivity contribution in [3.05, 3.63) is 35.9 Å². The maximum Gasteiger partial charge on any atom is 0.305 e. The molecule has 0 aromatic heterocycles. The highest BCUT2D eigenvalue weighted by atomic mass is 32.2. The summed E-state index contributed by atoms with van der Waals surface area (Å²) in [6, 6.07) is 9.65. The molecule has 0 spiro atoms. The van der Waals surface area contributed by atoms with Gasteiger partial charge >= 0.3 is 5.97 Å². The fourth-order valence-corrected chi connectivity index (χ4v) is 3.65. The van der Waals surface area contributed by atoms with E-state index in [1.165, 1.54) is 11.8 Å². The molecule has 1 aromatic carbocycles. The van der Waals surface area contributed by atoms with Crippen molar-refractivity contribution in [1.82, 2.24) is 4.90 Å². The van der Waals surface area contributed by atoms with Gasteiger partial charge in [-0.3, -0.25) is 9.59 Å². The second kappa shape index (κ2) is 6.76. The molecule has 2 atom stereocenters. The number of carbonyl (C=O) groups is 2. The van der Waals surface area contributed by atoms with E-state index >= 15 is 0 Å². The van der Waals surface area contributed by atoms with Gasteiger partial charge in [0.25, 0.3) is 0 Å². The molecule has 1 aliphatic heterocycles. The van der Waals surface area contributed by atoms with Gasteiger partial charge in [0.1, 0.15) is 5.37 Å². The number of nitrogens with zero attached hydrogens (tertiary/aromatic N) is 1. The van der Waals surface area contributed by atoms with Gasteiger partial charge in [-0.25, -0.2) is 0 Å². The lowest BCUT2D eigenvalue weighted by Gasteiger charge is -2.23. The summed E-state index contributed by atoms with van der Waals surface area (Å²) in [6.45, 7) is 0.910. The van der Waals surface area contributed by atoms with E-state index in [9.17, 15) is 9.59 Å². The highest BCUT2D eigenvalue weighted by Gasteiger charge is 2.41. The number of carboxylic acid groups (broad SMARTS) is 1. The van der Waals surface area contributed by atoms with Crippen LogP contribution in [0, 0.1) is 0 Å². The number of hydrogen-bond acceptors (Lipinski definition) is 4. The Morgan fingerprint density at radius 1 is 1.40 bits per heavy atom. The minimum absolute atomic E-state index is 0.122. The van der Waals surface area contributed by atoms with Gasteiger partial charge in [0.15, 0.2) is 0 Å². The van der Waals surface area contributed by atoms with Gasteiger partial charge in [-0.15, -0.1) is 11.8 Å². The summed E-state index contributed by atoms with van der Waals surface area (Å²) >= 11 is 1.40. The Morgan fingerprint density at radius 2 is 2.10 bits per heavy atom. The molecule has 1 aromatic rings. The molecule has 0 bridgehead atoms. The molecule has 5 nitrogen and oxygen atoms in total. The second-order valence-corrected chi connectivity index (χ2v) is 5.80. The van der Waals surface area contributed by atoms with Crippen LogP contribution in [0.25, 0.3) is 0 Å². The van der Waals surface area contributed by atoms with Crippen molar-refractivity contribution in [1.29, 1.82) is 0 Å². The van der Waals surface area contributed by atoms with Crippen LogP contribution >= 0.6 is 11.8 Å². The molecule has 6 heteroatoms. The topological polar surface area (TPSA) is 66.8 Å². The molecular formula is C14H17NO4S. The fraction of sp³-hybridized carbons (Fsp3) is 0.429. The molecule has 0 aliphatic carbocycles. The third-order valence-electron chi connectivity index (χ3n) is 3.12. The van der Waals surface area contributed by atoms with E-state index in [1.54, 1.807) is 12.0 Å². The van der Waals surface area contributed by atoms with Gasteiger partial charge in [0, 0.05) is 13.7 Å². The minimum Gasteiger partial charge on any atom is -0.481 e. The monoisotopic (exact) mass is 295 g/mol. The van der Waals surface area contributed by atoms with E-state index < -0.39 is 11.2 Å². The summed E-state index contributed by atoms with van der Waals surface area (Å²) < 4.78 is 5.03. The zero-order chi connectivity index (χ0) is 14.5. The van der Waals surface area contributed by atoms with Crippen LogP contribution in [-0.4, -0.2) is 47.4 Å². The Morgan fingerprint density at radius 3 is 2.70 bits per heavy atom. The number of methoxy groups -OCH3 is 1. The summed E-state index contributed by atoms with van der Waals surface area (Å²) in [4.78, 5) is 24.9. The van der Waals surface area contributed by atoms with Crippen molar-refractivity contribution in [2.75, 3.05) is 20.3 Å². The summed E-state index contributed by atoms with van der Waals surface area (Å²) in [6.07, 6.45) is -0.143. The van der Waals surface area contributed by atoms with Crippen LogP contribution in [0.5, 0.6) is 0 Å². The number of ether oxygens (including phenoxy) is 1. The number of hydrogen-bond donors (Lipinski definition) is 1. The van der Waals surface area contributed by atoms with Gasteiger partial charge in [-0.1, -0.05) is 30.3 Å². The van der Waals surface area contributed by atoms with Crippen molar-refractivity contribution >= 4 is 23.6 Å². The number of carboxylic acids is 1. The largest absolute Gasteiger partial charge is 0.481 e. The van der Waals surface area contributed by atoms with Gasteiger partial charge in [0.05, 0.1) is 18.3 Å². The lowest BCUT2D eigenvalue weighted by Crippen LogP contribution is -2.34. The Balaban J connectivity index is 2.19. The molecule has 1 heterocycles. The number of rotatable bonds is 6. The standard InChI is InChI=1S/C14H17NO4S/c1-19-8-7-15-13(18)11(9-12(16)17)20-14(15)10-5-3-2-4-6-10/h2-6,11,14H,7-9H2,1H3,(H,16,17).